The molecule has 1 heterocycles. The lowest BCUT2D eigenvalue weighted by atomic mass is 10.1. The highest BCUT2D eigenvalue weighted by Gasteiger charge is 2.42. The number of hydrogen-bond acceptors (Lipinski definition) is 3. The Hall–Kier alpha value is -1.93. The first-order valence-electron chi connectivity index (χ1n) is 7.78. The maximum Gasteiger partial charge on any atom is 0.226 e. The summed E-state index contributed by atoms with van der Waals surface area (Å²) in [7, 11) is 0. The van der Waals surface area contributed by atoms with E-state index in [1.807, 2.05) is 4.90 Å². The van der Waals surface area contributed by atoms with E-state index in [2.05, 4.69) is 17.9 Å². The monoisotopic (exact) mass is 301 g/mol. The van der Waals surface area contributed by atoms with Crippen LogP contribution in [0.4, 0.5) is 4.39 Å². The smallest absolute Gasteiger partial charge is 0.226 e. The molecule has 0 aromatic heterocycles. The average molecular weight is 301 g/mol. The molecule has 22 heavy (non-hydrogen) atoms. The van der Waals surface area contributed by atoms with E-state index in [-0.39, 0.29) is 23.7 Å². The molecule has 3 rings (SSSR count). The minimum absolute atomic E-state index is 0.218. The van der Waals surface area contributed by atoms with Crippen molar-refractivity contribution in [1.29, 1.82) is 5.26 Å². The molecule has 1 aliphatic carbocycles. The summed E-state index contributed by atoms with van der Waals surface area (Å²) in [6, 6.07) is 8.00. The van der Waals surface area contributed by atoms with Gasteiger partial charge in [-0.3, -0.25) is 9.69 Å². The second-order valence-corrected chi connectivity index (χ2v) is 6.26. The van der Waals surface area contributed by atoms with Crippen LogP contribution in [0.5, 0.6) is 0 Å². The molecular weight excluding hydrogens is 281 g/mol. The van der Waals surface area contributed by atoms with Gasteiger partial charge in [0.2, 0.25) is 5.91 Å². The Morgan fingerprint density at radius 1 is 1.27 bits per heavy atom. The van der Waals surface area contributed by atoms with Gasteiger partial charge in [-0.2, -0.15) is 5.26 Å². The standard InChI is InChI=1S/C17H20FN3O/c1-12-10-15(12)17(22)21-8-6-20(7-9-21)16(11-19)13-2-4-14(18)5-3-13/h2-5,12,15-16H,6-10H2,1H3/t12-,15-,16+/m1/s1. The summed E-state index contributed by atoms with van der Waals surface area (Å²) in [5.74, 6) is 0.712. The molecule has 1 aliphatic heterocycles. The molecule has 2 fully saturated rings. The van der Waals surface area contributed by atoms with Gasteiger partial charge in [-0.05, 0) is 30.0 Å². The summed E-state index contributed by atoms with van der Waals surface area (Å²) in [5.41, 5.74) is 0.805. The van der Waals surface area contributed by atoms with Gasteiger partial charge in [0.1, 0.15) is 11.9 Å². The molecule has 0 N–H and O–H groups in total. The summed E-state index contributed by atoms with van der Waals surface area (Å²) in [5, 5.41) is 9.44. The minimum atomic E-state index is -0.377. The fourth-order valence-corrected chi connectivity index (χ4v) is 3.11. The highest BCUT2D eigenvalue weighted by Crippen LogP contribution is 2.39. The molecule has 1 aromatic rings. The first kappa shape index (κ1) is 15.0. The highest BCUT2D eigenvalue weighted by atomic mass is 19.1. The number of carbonyl (C=O) groups excluding carboxylic acids is 1. The third-order valence-corrected chi connectivity index (χ3v) is 4.73. The van der Waals surface area contributed by atoms with E-state index in [0.29, 0.717) is 32.1 Å². The van der Waals surface area contributed by atoms with Crippen LogP contribution in [0.25, 0.3) is 0 Å². The van der Waals surface area contributed by atoms with Gasteiger partial charge in [-0.1, -0.05) is 19.1 Å². The second-order valence-electron chi connectivity index (χ2n) is 6.26. The summed E-state index contributed by atoms with van der Waals surface area (Å²) in [6.45, 7) is 4.81. The van der Waals surface area contributed by atoms with Gasteiger partial charge in [0.15, 0.2) is 0 Å². The van der Waals surface area contributed by atoms with E-state index in [0.717, 1.165) is 12.0 Å². The number of nitriles is 1. The molecule has 3 atom stereocenters. The maximum atomic E-state index is 13.0. The lowest BCUT2D eigenvalue weighted by Gasteiger charge is -2.37. The van der Waals surface area contributed by atoms with Crippen molar-refractivity contribution in [2.45, 2.75) is 19.4 Å². The normalized spacial score (nSPS) is 26.3. The fourth-order valence-electron chi connectivity index (χ4n) is 3.11. The van der Waals surface area contributed by atoms with Crippen LogP contribution in [-0.4, -0.2) is 41.9 Å². The lowest BCUT2D eigenvalue weighted by molar-refractivity contribution is -0.134. The van der Waals surface area contributed by atoms with E-state index in [9.17, 15) is 14.4 Å². The van der Waals surface area contributed by atoms with E-state index >= 15 is 0 Å². The van der Waals surface area contributed by atoms with Gasteiger partial charge in [0.25, 0.3) is 0 Å². The Labute approximate surface area is 130 Å². The third kappa shape index (κ3) is 2.97. The quantitative estimate of drug-likeness (QED) is 0.860. The minimum Gasteiger partial charge on any atom is -0.340 e. The largest absolute Gasteiger partial charge is 0.340 e. The number of amides is 1. The molecule has 0 radical (unpaired) electrons. The Morgan fingerprint density at radius 2 is 1.86 bits per heavy atom. The Morgan fingerprint density at radius 3 is 2.36 bits per heavy atom. The number of nitrogens with zero attached hydrogens (tertiary/aromatic N) is 3. The van der Waals surface area contributed by atoms with Gasteiger partial charge < -0.3 is 4.90 Å². The maximum absolute atomic E-state index is 13.0. The number of rotatable bonds is 3. The summed E-state index contributed by atoms with van der Waals surface area (Å²) in [6.07, 6.45) is 1.01. The molecule has 0 bridgehead atoms. The average Bonchev–Trinajstić information content (AvgIpc) is 3.27. The number of hydrogen-bond donors (Lipinski definition) is 0. The van der Waals surface area contributed by atoms with Crippen LogP contribution < -0.4 is 0 Å². The summed E-state index contributed by atoms with van der Waals surface area (Å²) >= 11 is 0. The van der Waals surface area contributed by atoms with Crippen LogP contribution >= 0.6 is 0 Å². The summed E-state index contributed by atoms with van der Waals surface area (Å²) in [4.78, 5) is 16.2. The SMILES string of the molecule is C[C@@H]1C[C@H]1C(=O)N1CCN([C@@H](C#N)c2ccc(F)cc2)CC1. The molecule has 116 valence electrons. The molecule has 0 unspecified atom stereocenters. The molecule has 0 spiro atoms. The predicted octanol–water partition coefficient (Wildman–Crippen LogP) is 2.19. The third-order valence-electron chi connectivity index (χ3n) is 4.73. The van der Waals surface area contributed by atoms with Crippen molar-refractivity contribution in [2.75, 3.05) is 26.2 Å². The number of halogens is 1. The molecular formula is C17H20FN3O. The van der Waals surface area contributed by atoms with Gasteiger partial charge in [0.05, 0.1) is 6.07 Å². The molecule has 4 nitrogen and oxygen atoms in total. The molecule has 5 heteroatoms. The zero-order valence-corrected chi connectivity index (χ0v) is 12.7. The number of piperazine rings is 1. The van der Waals surface area contributed by atoms with Crippen LogP contribution in [0.2, 0.25) is 0 Å². The zero-order valence-electron chi connectivity index (χ0n) is 12.7. The van der Waals surface area contributed by atoms with Crippen molar-refractivity contribution in [2.24, 2.45) is 11.8 Å². The van der Waals surface area contributed by atoms with Crippen LogP contribution in [0.15, 0.2) is 24.3 Å². The number of carbonyl (C=O) groups is 1. The van der Waals surface area contributed by atoms with Crippen molar-refractivity contribution in [3.8, 4) is 6.07 Å². The second kappa shape index (κ2) is 6.05. The zero-order chi connectivity index (χ0) is 15.7. The van der Waals surface area contributed by atoms with Crippen molar-refractivity contribution < 1.29 is 9.18 Å². The fraction of sp³-hybridized carbons (Fsp3) is 0.529. The predicted molar refractivity (Wildman–Crippen MR) is 80.2 cm³/mol. The van der Waals surface area contributed by atoms with Crippen molar-refractivity contribution in [3.05, 3.63) is 35.6 Å². The van der Waals surface area contributed by atoms with Crippen LogP contribution in [0.1, 0.15) is 24.9 Å². The van der Waals surface area contributed by atoms with Gasteiger partial charge in [0, 0.05) is 32.1 Å². The van der Waals surface area contributed by atoms with Crippen molar-refractivity contribution >= 4 is 5.91 Å². The molecule has 2 aliphatic rings. The van der Waals surface area contributed by atoms with Gasteiger partial charge in [-0.15, -0.1) is 0 Å². The Bertz CT molecular complexity index is 587. The van der Waals surface area contributed by atoms with E-state index in [1.165, 1.54) is 12.1 Å². The Kier molecular flexibility index (Phi) is 4.12. The molecule has 1 amide bonds. The van der Waals surface area contributed by atoms with Gasteiger partial charge >= 0.3 is 0 Å². The highest BCUT2D eigenvalue weighted by molar-refractivity contribution is 5.81. The van der Waals surface area contributed by atoms with Crippen LogP contribution in [0, 0.1) is 29.0 Å². The van der Waals surface area contributed by atoms with Crippen molar-refractivity contribution in [3.63, 3.8) is 0 Å². The number of benzene rings is 1. The van der Waals surface area contributed by atoms with E-state index < -0.39 is 0 Å². The Balaban J connectivity index is 1.61. The lowest BCUT2D eigenvalue weighted by Crippen LogP contribution is -2.50. The van der Waals surface area contributed by atoms with E-state index in [4.69, 9.17) is 0 Å². The van der Waals surface area contributed by atoms with Crippen molar-refractivity contribution in [1.82, 2.24) is 9.80 Å². The van der Waals surface area contributed by atoms with E-state index in [1.54, 1.807) is 12.1 Å². The van der Waals surface area contributed by atoms with Gasteiger partial charge in [-0.25, -0.2) is 4.39 Å². The molecule has 1 saturated carbocycles. The van der Waals surface area contributed by atoms with Crippen LogP contribution in [0.3, 0.4) is 0 Å². The first-order chi connectivity index (χ1) is 10.6. The first-order valence-corrected chi connectivity index (χ1v) is 7.78. The van der Waals surface area contributed by atoms with Crippen LogP contribution in [-0.2, 0) is 4.79 Å². The summed E-state index contributed by atoms with van der Waals surface area (Å²) < 4.78 is 13.0. The molecule has 1 saturated heterocycles. The molecule has 1 aromatic carbocycles. The topological polar surface area (TPSA) is 47.3 Å².